The first-order chi connectivity index (χ1) is 4.74. The molecule has 0 amide bonds. The highest BCUT2D eigenvalue weighted by molar-refractivity contribution is 7.80. The standard InChI is InChI=1S/C9H16S/c1-3-7(2)6-9(10)8-4-5-8/h7-8H,3-6H2,1-2H3. The molecule has 58 valence electrons. The van der Waals surface area contributed by atoms with Crippen molar-refractivity contribution in [2.75, 3.05) is 0 Å². The Morgan fingerprint density at radius 1 is 1.60 bits per heavy atom. The Balaban J connectivity index is 2.16. The zero-order valence-electron chi connectivity index (χ0n) is 6.89. The van der Waals surface area contributed by atoms with Crippen LogP contribution in [0.1, 0.15) is 39.5 Å². The molecule has 0 heterocycles. The summed E-state index contributed by atoms with van der Waals surface area (Å²) in [7, 11) is 0. The maximum Gasteiger partial charge on any atom is -0.00379 e. The topological polar surface area (TPSA) is 0 Å². The van der Waals surface area contributed by atoms with Crippen molar-refractivity contribution in [1.82, 2.24) is 0 Å². The third-order valence-corrected chi connectivity index (χ3v) is 2.78. The molecule has 0 aromatic rings. The Kier molecular flexibility index (Phi) is 2.84. The molecule has 0 aromatic heterocycles. The number of hydrogen-bond donors (Lipinski definition) is 0. The van der Waals surface area contributed by atoms with Crippen LogP contribution in [0.5, 0.6) is 0 Å². The van der Waals surface area contributed by atoms with Gasteiger partial charge in [0.05, 0.1) is 0 Å². The summed E-state index contributed by atoms with van der Waals surface area (Å²) < 4.78 is 0. The lowest BCUT2D eigenvalue weighted by Gasteiger charge is -2.07. The van der Waals surface area contributed by atoms with Gasteiger partial charge in [-0.3, -0.25) is 0 Å². The van der Waals surface area contributed by atoms with E-state index in [1.165, 1.54) is 30.5 Å². The Labute approximate surface area is 69.0 Å². The molecule has 1 unspecified atom stereocenters. The SMILES string of the molecule is CCC(C)CC(=S)C1CC1. The van der Waals surface area contributed by atoms with Gasteiger partial charge in [-0.25, -0.2) is 0 Å². The van der Waals surface area contributed by atoms with E-state index in [9.17, 15) is 0 Å². The molecule has 0 nitrogen and oxygen atoms in total. The van der Waals surface area contributed by atoms with Crippen molar-refractivity contribution in [1.29, 1.82) is 0 Å². The zero-order chi connectivity index (χ0) is 7.56. The summed E-state index contributed by atoms with van der Waals surface area (Å²) in [4.78, 5) is 1.34. The predicted molar refractivity (Wildman–Crippen MR) is 49.4 cm³/mol. The fourth-order valence-corrected chi connectivity index (χ4v) is 1.58. The summed E-state index contributed by atoms with van der Waals surface area (Å²) in [6.07, 6.45) is 5.20. The first kappa shape index (κ1) is 8.19. The zero-order valence-corrected chi connectivity index (χ0v) is 7.71. The summed E-state index contributed by atoms with van der Waals surface area (Å²) in [5, 5.41) is 0. The molecule has 1 rings (SSSR count). The maximum absolute atomic E-state index is 5.28. The molecule has 0 aromatic carbocycles. The lowest BCUT2D eigenvalue weighted by Crippen LogP contribution is -2.03. The Bertz CT molecular complexity index is 125. The van der Waals surface area contributed by atoms with Gasteiger partial charge in [0, 0.05) is 0 Å². The van der Waals surface area contributed by atoms with Crippen LogP contribution < -0.4 is 0 Å². The molecule has 1 saturated carbocycles. The predicted octanol–water partition coefficient (Wildman–Crippen LogP) is 3.20. The van der Waals surface area contributed by atoms with E-state index in [-0.39, 0.29) is 0 Å². The van der Waals surface area contributed by atoms with Gasteiger partial charge in [-0.1, -0.05) is 32.5 Å². The summed E-state index contributed by atoms with van der Waals surface area (Å²) >= 11 is 5.28. The van der Waals surface area contributed by atoms with Crippen LogP contribution in [0, 0.1) is 11.8 Å². The van der Waals surface area contributed by atoms with Crippen molar-refractivity contribution < 1.29 is 0 Å². The van der Waals surface area contributed by atoms with E-state index in [0.29, 0.717) is 0 Å². The van der Waals surface area contributed by atoms with E-state index in [1.54, 1.807) is 0 Å². The van der Waals surface area contributed by atoms with E-state index in [0.717, 1.165) is 11.8 Å². The molecule has 1 fully saturated rings. The summed E-state index contributed by atoms with van der Waals surface area (Å²) in [6, 6.07) is 0. The molecule has 0 N–H and O–H groups in total. The van der Waals surface area contributed by atoms with Crippen LogP contribution in [-0.2, 0) is 0 Å². The Hall–Kier alpha value is 0.0900. The third-order valence-electron chi connectivity index (χ3n) is 2.28. The van der Waals surface area contributed by atoms with Crippen molar-refractivity contribution in [2.45, 2.75) is 39.5 Å². The van der Waals surface area contributed by atoms with Crippen LogP contribution >= 0.6 is 12.2 Å². The van der Waals surface area contributed by atoms with Crippen molar-refractivity contribution in [2.24, 2.45) is 11.8 Å². The number of hydrogen-bond acceptors (Lipinski definition) is 1. The fourth-order valence-electron chi connectivity index (χ4n) is 1.06. The molecule has 1 heteroatoms. The molecule has 1 atom stereocenters. The van der Waals surface area contributed by atoms with Gasteiger partial charge in [-0.05, 0) is 36.0 Å². The lowest BCUT2D eigenvalue weighted by atomic mass is 10.0. The van der Waals surface area contributed by atoms with Gasteiger partial charge in [0.25, 0.3) is 0 Å². The van der Waals surface area contributed by atoms with E-state index in [2.05, 4.69) is 13.8 Å². The van der Waals surface area contributed by atoms with Crippen molar-refractivity contribution in [3.8, 4) is 0 Å². The third kappa shape index (κ3) is 2.37. The van der Waals surface area contributed by atoms with E-state index < -0.39 is 0 Å². The van der Waals surface area contributed by atoms with Crippen LogP contribution in [0.25, 0.3) is 0 Å². The van der Waals surface area contributed by atoms with Crippen molar-refractivity contribution in [3.05, 3.63) is 0 Å². The van der Waals surface area contributed by atoms with Crippen LogP contribution in [-0.4, -0.2) is 4.86 Å². The molecule has 0 spiro atoms. The molecule has 0 aliphatic heterocycles. The molecule has 1 aliphatic carbocycles. The molecular weight excluding hydrogens is 140 g/mol. The second-order valence-corrected chi connectivity index (χ2v) is 3.98. The Morgan fingerprint density at radius 3 is 2.60 bits per heavy atom. The fraction of sp³-hybridized carbons (Fsp3) is 0.889. The minimum atomic E-state index is 0.813. The highest BCUT2D eigenvalue weighted by Gasteiger charge is 2.26. The van der Waals surface area contributed by atoms with Crippen molar-refractivity contribution in [3.63, 3.8) is 0 Å². The van der Waals surface area contributed by atoms with E-state index in [1.807, 2.05) is 0 Å². The van der Waals surface area contributed by atoms with Gasteiger partial charge in [-0.2, -0.15) is 0 Å². The second-order valence-electron chi connectivity index (χ2n) is 3.46. The minimum Gasteiger partial charge on any atom is -0.0894 e. The largest absolute Gasteiger partial charge is 0.0894 e. The molecule has 0 bridgehead atoms. The molecule has 0 saturated heterocycles. The van der Waals surface area contributed by atoms with Crippen LogP contribution in [0.4, 0.5) is 0 Å². The summed E-state index contributed by atoms with van der Waals surface area (Å²) in [5.74, 6) is 1.65. The molecule has 10 heavy (non-hydrogen) atoms. The van der Waals surface area contributed by atoms with E-state index in [4.69, 9.17) is 12.2 Å². The average Bonchev–Trinajstić information content (AvgIpc) is 2.68. The van der Waals surface area contributed by atoms with E-state index >= 15 is 0 Å². The minimum absolute atomic E-state index is 0.813. The van der Waals surface area contributed by atoms with Gasteiger partial charge in [-0.15, -0.1) is 0 Å². The monoisotopic (exact) mass is 156 g/mol. The van der Waals surface area contributed by atoms with Crippen LogP contribution in [0.3, 0.4) is 0 Å². The highest BCUT2D eigenvalue weighted by Crippen LogP contribution is 2.33. The lowest BCUT2D eigenvalue weighted by molar-refractivity contribution is 0.585. The smallest absolute Gasteiger partial charge is 0.00379 e. The van der Waals surface area contributed by atoms with Gasteiger partial charge in [0.15, 0.2) is 0 Å². The first-order valence-corrected chi connectivity index (χ1v) is 4.67. The average molecular weight is 156 g/mol. The van der Waals surface area contributed by atoms with Gasteiger partial charge >= 0.3 is 0 Å². The Morgan fingerprint density at radius 2 is 2.20 bits per heavy atom. The number of thiocarbonyl (C=S) groups is 1. The molecule has 0 radical (unpaired) electrons. The molecule has 1 aliphatic rings. The highest BCUT2D eigenvalue weighted by atomic mass is 32.1. The molecular formula is C9H16S. The van der Waals surface area contributed by atoms with Gasteiger partial charge < -0.3 is 0 Å². The first-order valence-electron chi connectivity index (χ1n) is 4.26. The quantitative estimate of drug-likeness (QED) is 0.563. The van der Waals surface area contributed by atoms with Crippen LogP contribution in [0.15, 0.2) is 0 Å². The van der Waals surface area contributed by atoms with Crippen molar-refractivity contribution >= 4 is 17.1 Å². The van der Waals surface area contributed by atoms with Gasteiger partial charge in [0.2, 0.25) is 0 Å². The summed E-state index contributed by atoms with van der Waals surface area (Å²) in [6.45, 7) is 4.52. The maximum atomic E-state index is 5.28. The second kappa shape index (κ2) is 3.47. The van der Waals surface area contributed by atoms with Gasteiger partial charge in [0.1, 0.15) is 0 Å². The number of rotatable bonds is 4. The van der Waals surface area contributed by atoms with Crippen LogP contribution in [0.2, 0.25) is 0 Å². The summed E-state index contributed by atoms with van der Waals surface area (Å²) in [5.41, 5.74) is 0. The normalized spacial score (nSPS) is 20.6.